The van der Waals surface area contributed by atoms with Gasteiger partial charge in [-0.3, -0.25) is 9.69 Å². The van der Waals surface area contributed by atoms with Crippen LogP contribution >= 0.6 is 12.2 Å². The van der Waals surface area contributed by atoms with Crippen molar-refractivity contribution in [2.24, 2.45) is 5.92 Å². The minimum absolute atomic E-state index is 0.124. The van der Waals surface area contributed by atoms with Gasteiger partial charge in [-0.2, -0.15) is 0 Å². The molecule has 0 aliphatic carbocycles. The van der Waals surface area contributed by atoms with E-state index in [0.29, 0.717) is 16.6 Å². The fourth-order valence-electron chi connectivity index (χ4n) is 4.09. The van der Waals surface area contributed by atoms with Crippen LogP contribution in [0.4, 0.5) is 5.69 Å². The van der Waals surface area contributed by atoms with Crippen LogP contribution in [-0.2, 0) is 9.53 Å². The first-order valence-electron chi connectivity index (χ1n) is 9.30. The second-order valence-corrected chi connectivity index (χ2v) is 7.42. The van der Waals surface area contributed by atoms with E-state index in [9.17, 15) is 4.79 Å². The lowest BCUT2D eigenvalue weighted by atomic mass is 9.79. The standard InChI is InChI=1S/C22H22N2O4S/c1-4-13-27-20(25)17-18-15-11-8-12-16(26-3)19(15)28-22(17,2)24(21(29)23-18)14-9-6-5-7-10-14/h4-12,17-18H,1,13H2,2-3H3,(H,23,29)/t17-,18+,22+/m1/s1. The molecular weight excluding hydrogens is 388 g/mol. The number of methoxy groups -OCH3 is 1. The molecule has 150 valence electrons. The van der Waals surface area contributed by atoms with Gasteiger partial charge in [0.05, 0.1) is 13.2 Å². The number of fused-ring (bicyclic) bond motifs is 4. The summed E-state index contributed by atoms with van der Waals surface area (Å²) in [7, 11) is 1.59. The molecule has 2 aliphatic rings. The van der Waals surface area contributed by atoms with E-state index in [0.717, 1.165) is 11.3 Å². The second-order valence-electron chi connectivity index (χ2n) is 7.03. The molecule has 4 rings (SSSR count). The van der Waals surface area contributed by atoms with Gasteiger partial charge in [0.2, 0.25) is 5.72 Å². The first kappa shape index (κ1) is 19.3. The third-order valence-corrected chi connectivity index (χ3v) is 5.62. The van der Waals surface area contributed by atoms with E-state index in [1.807, 2.05) is 60.4 Å². The lowest BCUT2D eigenvalue weighted by Gasteiger charge is -2.55. The topological polar surface area (TPSA) is 60.0 Å². The lowest BCUT2D eigenvalue weighted by Crippen LogP contribution is -2.71. The van der Waals surface area contributed by atoms with Crippen molar-refractivity contribution in [2.45, 2.75) is 18.7 Å². The molecule has 1 fully saturated rings. The molecule has 2 bridgehead atoms. The van der Waals surface area contributed by atoms with Crippen LogP contribution < -0.4 is 19.7 Å². The number of nitrogens with zero attached hydrogens (tertiary/aromatic N) is 1. The van der Waals surface area contributed by atoms with E-state index in [1.165, 1.54) is 0 Å². The van der Waals surface area contributed by atoms with Gasteiger partial charge in [-0.1, -0.05) is 43.0 Å². The molecule has 2 heterocycles. The summed E-state index contributed by atoms with van der Waals surface area (Å²) in [5.41, 5.74) is 0.497. The van der Waals surface area contributed by atoms with Gasteiger partial charge in [0.15, 0.2) is 16.6 Å². The Morgan fingerprint density at radius 1 is 1.31 bits per heavy atom. The van der Waals surface area contributed by atoms with E-state index in [4.69, 9.17) is 26.4 Å². The summed E-state index contributed by atoms with van der Waals surface area (Å²) in [6.07, 6.45) is 1.55. The molecule has 0 radical (unpaired) electrons. The number of rotatable bonds is 5. The third kappa shape index (κ3) is 3.02. The maximum atomic E-state index is 13.1. The highest BCUT2D eigenvalue weighted by atomic mass is 32.1. The van der Waals surface area contributed by atoms with Gasteiger partial charge in [-0.25, -0.2) is 0 Å². The molecule has 6 nitrogen and oxygen atoms in total. The zero-order chi connectivity index (χ0) is 20.6. The molecule has 0 amide bonds. The van der Waals surface area contributed by atoms with Crippen LogP contribution in [-0.4, -0.2) is 30.5 Å². The average Bonchev–Trinajstić information content (AvgIpc) is 2.71. The Labute approximate surface area is 175 Å². The number of carbonyl (C=O) groups is 1. The van der Waals surface area contributed by atoms with Gasteiger partial charge in [-0.15, -0.1) is 0 Å². The molecule has 0 unspecified atom stereocenters. The second kappa shape index (κ2) is 7.40. The van der Waals surface area contributed by atoms with Crippen LogP contribution in [0.5, 0.6) is 11.5 Å². The Kier molecular flexibility index (Phi) is 4.92. The summed E-state index contributed by atoms with van der Waals surface area (Å²) in [5.74, 6) is 0.126. The summed E-state index contributed by atoms with van der Waals surface area (Å²) < 4.78 is 17.5. The van der Waals surface area contributed by atoms with Crippen molar-refractivity contribution in [2.75, 3.05) is 18.6 Å². The summed E-state index contributed by atoms with van der Waals surface area (Å²) in [5, 5.41) is 3.81. The Balaban J connectivity index is 1.89. The smallest absolute Gasteiger partial charge is 0.317 e. The van der Waals surface area contributed by atoms with E-state index in [-0.39, 0.29) is 12.6 Å². The maximum absolute atomic E-state index is 13.1. The predicted molar refractivity (Wildman–Crippen MR) is 114 cm³/mol. The highest BCUT2D eigenvalue weighted by Gasteiger charge is 2.60. The number of hydrogen-bond acceptors (Lipinski definition) is 5. The van der Waals surface area contributed by atoms with Gasteiger partial charge >= 0.3 is 5.97 Å². The number of ether oxygens (including phenoxy) is 3. The number of nitrogens with one attached hydrogen (secondary N) is 1. The largest absolute Gasteiger partial charge is 0.493 e. The molecule has 29 heavy (non-hydrogen) atoms. The van der Waals surface area contributed by atoms with Crippen molar-refractivity contribution in [3.05, 3.63) is 66.7 Å². The van der Waals surface area contributed by atoms with Gasteiger partial charge < -0.3 is 19.5 Å². The molecular formula is C22H22N2O4S. The molecule has 0 spiro atoms. The van der Waals surface area contributed by atoms with Crippen LogP contribution in [0.15, 0.2) is 61.2 Å². The van der Waals surface area contributed by atoms with Crippen LogP contribution in [0.3, 0.4) is 0 Å². The number of esters is 1. The van der Waals surface area contributed by atoms with Crippen molar-refractivity contribution in [1.29, 1.82) is 0 Å². The normalized spacial score (nSPS) is 24.6. The number of hydrogen-bond donors (Lipinski definition) is 1. The monoisotopic (exact) mass is 410 g/mol. The number of thiocarbonyl (C=S) groups is 1. The SMILES string of the molecule is C=CCOC(=O)[C@H]1[C@H]2NC(=S)N(c3ccccc3)[C@@]1(C)Oc1c(OC)cccc12. The Bertz CT molecular complexity index is 965. The predicted octanol–water partition coefficient (Wildman–Crippen LogP) is 3.59. The fraction of sp³-hybridized carbons (Fsp3) is 0.273. The Hall–Kier alpha value is -3.06. The van der Waals surface area contributed by atoms with Crippen molar-refractivity contribution in [3.8, 4) is 11.5 Å². The number of anilines is 1. The average molecular weight is 410 g/mol. The third-order valence-electron chi connectivity index (χ3n) is 5.32. The first-order chi connectivity index (χ1) is 14.0. The van der Waals surface area contributed by atoms with Crippen molar-refractivity contribution in [3.63, 3.8) is 0 Å². The highest BCUT2D eigenvalue weighted by Crippen LogP contribution is 2.52. The van der Waals surface area contributed by atoms with E-state index in [2.05, 4.69) is 11.9 Å². The molecule has 7 heteroatoms. The minimum atomic E-state index is -1.12. The van der Waals surface area contributed by atoms with Crippen LogP contribution in [0.1, 0.15) is 18.5 Å². The Morgan fingerprint density at radius 2 is 2.07 bits per heavy atom. The molecule has 0 saturated carbocycles. The number of para-hydroxylation sites is 2. The van der Waals surface area contributed by atoms with Gasteiger partial charge in [-0.05, 0) is 37.3 Å². The van der Waals surface area contributed by atoms with Crippen molar-refractivity contribution in [1.82, 2.24) is 5.32 Å². The van der Waals surface area contributed by atoms with E-state index >= 15 is 0 Å². The fourth-order valence-corrected chi connectivity index (χ4v) is 4.50. The summed E-state index contributed by atoms with van der Waals surface area (Å²) in [6, 6.07) is 14.8. The molecule has 2 aliphatic heterocycles. The van der Waals surface area contributed by atoms with Gasteiger partial charge in [0.1, 0.15) is 12.5 Å². The van der Waals surface area contributed by atoms with Crippen LogP contribution in [0.2, 0.25) is 0 Å². The summed E-state index contributed by atoms with van der Waals surface area (Å²) in [4.78, 5) is 15.0. The van der Waals surface area contributed by atoms with Crippen LogP contribution in [0, 0.1) is 5.92 Å². The van der Waals surface area contributed by atoms with Crippen molar-refractivity contribution >= 4 is 29.0 Å². The van der Waals surface area contributed by atoms with Crippen LogP contribution in [0.25, 0.3) is 0 Å². The number of benzene rings is 2. The maximum Gasteiger partial charge on any atom is 0.317 e. The molecule has 1 N–H and O–H groups in total. The molecule has 1 saturated heterocycles. The lowest BCUT2D eigenvalue weighted by molar-refractivity contribution is -0.159. The Morgan fingerprint density at radius 3 is 2.76 bits per heavy atom. The number of carbonyl (C=O) groups excluding carboxylic acids is 1. The van der Waals surface area contributed by atoms with E-state index in [1.54, 1.807) is 13.2 Å². The molecule has 0 aromatic heterocycles. The zero-order valence-electron chi connectivity index (χ0n) is 16.3. The van der Waals surface area contributed by atoms with Crippen molar-refractivity contribution < 1.29 is 19.0 Å². The van der Waals surface area contributed by atoms with E-state index < -0.39 is 17.7 Å². The molecule has 2 aromatic rings. The highest BCUT2D eigenvalue weighted by molar-refractivity contribution is 7.80. The first-order valence-corrected chi connectivity index (χ1v) is 9.71. The zero-order valence-corrected chi connectivity index (χ0v) is 17.1. The summed E-state index contributed by atoms with van der Waals surface area (Å²) in [6.45, 7) is 5.61. The minimum Gasteiger partial charge on any atom is -0.493 e. The van der Waals surface area contributed by atoms with Gasteiger partial charge in [0.25, 0.3) is 0 Å². The molecule has 2 aromatic carbocycles. The van der Waals surface area contributed by atoms with Gasteiger partial charge in [0, 0.05) is 11.3 Å². The summed E-state index contributed by atoms with van der Waals surface area (Å²) >= 11 is 5.69. The molecule has 3 atom stereocenters. The quantitative estimate of drug-likeness (QED) is 0.459.